The molecule has 0 bridgehead atoms. The van der Waals surface area contributed by atoms with Crippen molar-refractivity contribution in [2.24, 2.45) is 9.78 Å². The number of hydrogen-bond donors (Lipinski definition) is 2. The van der Waals surface area contributed by atoms with E-state index in [1.165, 1.54) is 22.3 Å². The molecule has 1 aliphatic carbocycles. The molecule has 0 saturated carbocycles. The van der Waals surface area contributed by atoms with Crippen LogP contribution in [0, 0.1) is 5.41 Å². The summed E-state index contributed by atoms with van der Waals surface area (Å²) < 4.78 is 3.91. The average Bonchev–Trinajstić information content (AvgIpc) is 2.94. The number of fused-ring (bicyclic) bond motifs is 1. The zero-order valence-corrected chi connectivity index (χ0v) is 14.3. The summed E-state index contributed by atoms with van der Waals surface area (Å²) in [6.45, 7) is 0. The van der Waals surface area contributed by atoms with Gasteiger partial charge in [-0.3, -0.25) is 4.79 Å². The van der Waals surface area contributed by atoms with Crippen LogP contribution in [0.3, 0.4) is 0 Å². The maximum atomic E-state index is 12.9. The molecule has 0 heterocycles. The number of aromatic hydroxyl groups is 1. The van der Waals surface area contributed by atoms with Gasteiger partial charge in [0.25, 0.3) is 0 Å². The van der Waals surface area contributed by atoms with Crippen LogP contribution < -0.4 is 5.32 Å². The Labute approximate surface area is 145 Å². The highest BCUT2D eigenvalue weighted by molar-refractivity contribution is 7.67. The van der Waals surface area contributed by atoms with E-state index in [9.17, 15) is 9.90 Å². The summed E-state index contributed by atoms with van der Waals surface area (Å²) in [5.74, 6) is 0.226. The van der Waals surface area contributed by atoms with Crippen molar-refractivity contribution < 1.29 is 9.90 Å². The van der Waals surface area contributed by atoms with Crippen molar-refractivity contribution in [2.45, 2.75) is 19.3 Å². The molecule has 3 rings (SSSR count). The van der Waals surface area contributed by atoms with E-state index >= 15 is 0 Å². The van der Waals surface area contributed by atoms with Gasteiger partial charge >= 0.3 is 0 Å². The van der Waals surface area contributed by atoms with Crippen LogP contribution in [0.5, 0.6) is 5.75 Å². The first-order valence-corrected chi connectivity index (χ1v) is 8.69. The lowest BCUT2D eigenvalue weighted by atomic mass is 9.78. The molecule has 0 unspecified atom stereocenters. The lowest BCUT2D eigenvalue weighted by Gasteiger charge is -2.27. The van der Waals surface area contributed by atoms with Crippen molar-refractivity contribution in [3.63, 3.8) is 0 Å². The molecule has 0 saturated heterocycles. The third-order valence-electron chi connectivity index (χ3n) is 4.46. The number of phenolic OH excluding ortho intramolecular Hbond substituents is 1. The topological polar surface area (TPSA) is 61.7 Å². The van der Waals surface area contributed by atoms with Gasteiger partial charge in [-0.15, -0.1) is 0 Å². The van der Waals surface area contributed by atoms with E-state index < -0.39 is 5.41 Å². The monoisotopic (exact) mass is 340 g/mol. The van der Waals surface area contributed by atoms with E-state index in [0.29, 0.717) is 19.3 Å². The van der Waals surface area contributed by atoms with E-state index in [0.717, 1.165) is 5.56 Å². The Morgan fingerprint density at radius 2 is 1.96 bits per heavy atom. The van der Waals surface area contributed by atoms with Gasteiger partial charge in [-0.2, -0.15) is 0 Å². The fraction of sp³-hybridized carbons (Fsp3) is 0.263. The van der Waals surface area contributed by atoms with Gasteiger partial charge in [-0.05, 0) is 59.2 Å². The number of rotatable bonds is 4. The van der Waals surface area contributed by atoms with Crippen molar-refractivity contribution in [1.82, 2.24) is 5.32 Å². The van der Waals surface area contributed by atoms with Crippen LogP contribution in [0.1, 0.15) is 16.7 Å². The fourth-order valence-electron chi connectivity index (χ4n) is 3.40. The molecule has 0 fully saturated rings. The predicted molar refractivity (Wildman–Crippen MR) is 98.0 cm³/mol. The molecule has 0 aliphatic heterocycles. The minimum absolute atomic E-state index is 0.00167. The van der Waals surface area contributed by atoms with Gasteiger partial charge < -0.3 is 10.4 Å². The van der Waals surface area contributed by atoms with Crippen LogP contribution in [0.4, 0.5) is 0 Å². The molecule has 0 aromatic heterocycles. The zero-order chi connectivity index (χ0) is 17.0. The third kappa shape index (κ3) is 3.41. The minimum Gasteiger partial charge on any atom is -0.508 e. The lowest BCUT2D eigenvalue weighted by Crippen LogP contribution is -2.42. The second-order valence-electron chi connectivity index (χ2n) is 6.13. The molecule has 0 spiro atoms. The normalized spacial score (nSPS) is 14.5. The molecular formula is C19H20N2O2S. The molecule has 2 aromatic rings. The molecule has 1 aliphatic rings. The summed E-state index contributed by atoms with van der Waals surface area (Å²) in [6.07, 6.45) is 1.99. The van der Waals surface area contributed by atoms with Gasteiger partial charge in [0.05, 0.1) is 10.9 Å². The van der Waals surface area contributed by atoms with Gasteiger partial charge in [0.2, 0.25) is 5.91 Å². The Morgan fingerprint density at radius 1 is 1.25 bits per heavy atom. The molecule has 24 heavy (non-hydrogen) atoms. The maximum Gasteiger partial charge on any atom is 0.231 e. The van der Waals surface area contributed by atoms with Crippen LogP contribution in [0.15, 0.2) is 52.9 Å². The van der Waals surface area contributed by atoms with E-state index in [1.807, 2.05) is 24.3 Å². The number of carbonyl (C=O) groups is 1. The average molecular weight is 340 g/mol. The Hall–Kier alpha value is -2.40. The molecular weight excluding hydrogens is 320 g/mol. The number of nitrogens with one attached hydrogen (secondary N) is 1. The minimum atomic E-state index is -0.539. The Kier molecular flexibility index (Phi) is 4.81. The van der Waals surface area contributed by atoms with Crippen LogP contribution in [-0.2, 0) is 35.2 Å². The number of carbonyl (C=O) groups excluding carboxylic acids is 1. The first-order chi connectivity index (χ1) is 11.6. The second kappa shape index (κ2) is 7.01. The second-order valence-corrected chi connectivity index (χ2v) is 6.94. The van der Waals surface area contributed by atoms with Gasteiger partial charge in [0.1, 0.15) is 5.75 Å². The van der Waals surface area contributed by atoms with Gasteiger partial charge in [-0.1, -0.05) is 36.4 Å². The quantitative estimate of drug-likeness (QED) is 0.840. The molecule has 0 radical (unpaired) electrons. The van der Waals surface area contributed by atoms with Crippen molar-refractivity contribution in [3.05, 3.63) is 65.2 Å². The Morgan fingerprint density at radius 3 is 2.58 bits per heavy atom. The summed E-state index contributed by atoms with van der Waals surface area (Å²) in [6, 6.07) is 15.4. The number of hydrogen-bond acceptors (Lipinski definition) is 3. The van der Waals surface area contributed by atoms with Gasteiger partial charge in [0.15, 0.2) is 0 Å². The molecule has 124 valence electrons. The van der Waals surface area contributed by atoms with Gasteiger partial charge in [0, 0.05) is 7.05 Å². The zero-order valence-electron chi connectivity index (χ0n) is 13.5. The van der Waals surface area contributed by atoms with Crippen molar-refractivity contribution in [1.29, 1.82) is 0 Å². The number of amides is 1. The van der Waals surface area contributed by atoms with Crippen LogP contribution in [-0.4, -0.2) is 23.6 Å². The molecule has 2 N–H and O–H groups in total. The summed E-state index contributed by atoms with van der Waals surface area (Å²) in [5, 5.41) is 12.6. The Balaban J connectivity index is 1.93. The number of benzene rings is 2. The van der Waals surface area contributed by atoms with Crippen molar-refractivity contribution in [2.75, 3.05) is 7.05 Å². The van der Waals surface area contributed by atoms with E-state index in [-0.39, 0.29) is 11.7 Å². The highest BCUT2D eigenvalue weighted by atomic mass is 32.1. The SMILES string of the molecule is CN=S=CNC(=O)C1(Cc2cccc(O)c2)Cc2ccccc2C1. The summed E-state index contributed by atoms with van der Waals surface area (Å²) in [5.41, 5.74) is 4.49. The summed E-state index contributed by atoms with van der Waals surface area (Å²) in [7, 11) is 1.68. The molecule has 2 aromatic carbocycles. The van der Waals surface area contributed by atoms with Crippen LogP contribution >= 0.6 is 0 Å². The predicted octanol–water partition coefficient (Wildman–Crippen LogP) is 2.49. The van der Waals surface area contributed by atoms with Crippen LogP contribution in [0.25, 0.3) is 0 Å². The first kappa shape index (κ1) is 16.5. The largest absolute Gasteiger partial charge is 0.508 e. The van der Waals surface area contributed by atoms with E-state index in [4.69, 9.17) is 0 Å². The van der Waals surface area contributed by atoms with E-state index in [2.05, 4.69) is 21.8 Å². The van der Waals surface area contributed by atoms with Crippen LogP contribution in [0.2, 0.25) is 0 Å². The molecule has 0 atom stereocenters. The summed E-state index contributed by atoms with van der Waals surface area (Å²) in [4.78, 5) is 12.9. The van der Waals surface area contributed by atoms with Crippen molar-refractivity contribution in [3.8, 4) is 5.75 Å². The Bertz CT molecular complexity index is 801. The number of nitrogens with zero attached hydrogens (tertiary/aromatic N) is 1. The van der Waals surface area contributed by atoms with Crippen molar-refractivity contribution >= 4 is 22.5 Å². The third-order valence-corrected chi connectivity index (χ3v) is 4.89. The van der Waals surface area contributed by atoms with Gasteiger partial charge in [-0.25, -0.2) is 4.36 Å². The fourth-order valence-corrected chi connectivity index (χ4v) is 3.67. The lowest BCUT2D eigenvalue weighted by molar-refractivity contribution is -0.129. The molecule has 5 heteroatoms. The molecule has 1 amide bonds. The highest BCUT2D eigenvalue weighted by Crippen LogP contribution is 2.40. The maximum absolute atomic E-state index is 12.9. The smallest absolute Gasteiger partial charge is 0.231 e. The number of phenols is 1. The molecule has 4 nitrogen and oxygen atoms in total. The van der Waals surface area contributed by atoms with E-state index in [1.54, 1.807) is 24.7 Å². The first-order valence-electron chi connectivity index (χ1n) is 7.85. The highest BCUT2D eigenvalue weighted by Gasteiger charge is 2.43. The summed E-state index contributed by atoms with van der Waals surface area (Å²) >= 11 is 1.21. The standard InChI is InChI=1S/C19H20N2O2S/c1-20-24-13-21-18(23)19(10-14-5-4-8-17(22)9-14)11-15-6-2-3-7-16(15)12-19/h2-9,13,22H,10-12H2,1H3,(H,21,23).